The summed E-state index contributed by atoms with van der Waals surface area (Å²) in [4.78, 5) is 11.0. The smallest absolute Gasteiger partial charge is 0.305 e. The number of aliphatic carboxylic acids is 1. The molecule has 0 bridgehead atoms. The molecule has 0 amide bonds. The van der Waals surface area contributed by atoms with Crippen LogP contribution in [0.15, 0.2) is 24.3 Å². The molecule has 1 unspecified atom stereocenters. The van der Waals surface area contributed by atoms with E-state index in [-0.39, 0.29) is 12.5 Å². The molecule has 0 spiro atoms. The lowest BCUT2D eigenvalue weighted by molar-refractivity contribution is -0.138. The minimum atomic E-state index is -0.828. The van der Waals surface area contributed by atoms with Crippen LogP contribution in [0.3, 0.4) is 0 Å². The van der Waals surface area contributed by atoms with Crippen LogP contribution < -0.4 is 0 Å². The van der Waals surface area contributed by atoms with Gasteiger partial charge in [0.05, 0.1) is 12.5 Å². The Kier molecular flexibility index (Phi) is 5.03. The van der Waals surface area contributed by atoms with E-state index in [2.05, 4.69) is 15.5 Å². The highest BCUT2D eigenvalue weighted by molar-refractivity contribution is 5.67. The van der Waals surface area contributed by atoms with Crippen LogP contribution >= 0.6 is 0 Å². The van der Waals surface area contributed by atoms with Gasteiger partial charge in [0.2, 0.25) is 0 Å². The number of hydrogen-bond donors (Lipinski definition) is 1. The third-order valence-corrected chi connectivity index (χ3v) is 3.42. The van der Waals surface area contributed by atoms with Crippen molar-refractivity contribution in [3.63, 3.8) is 0 Å². The quantitative estimate of drug-likeness (QED) is 0.846. The van der Waals surface area contributed by atoms with Crippen LogP contribution in [0.25, 0.3) is 0 Å². The summed E-state index contributed by atoms with van der Waals surface area (Å²) in [5.74, 6) is -0.121. The largest absolute Gasteiger partial charge is 0.481 e. The molecule has 1 aromatic carbocycles. The van der Waals surface area contributed by atoms with Crippen molar-refractivity contribution in [3.05, 3.63) is 41.2 Å². The first-order valence-electron chi connectivity index (χ1n) is 7.14. The Bertz CT molecular complexity index is 592. The third kappa shape index (κ3) is 4.11. The van der Waals surface area contributed by atoms with E-state index in [1.165, 1.54) is 5.56 Å². The number of carboxylic acids is 1. The summed E-state index contributed by atoms with van der Waals surface area (Å²) >= 11 is 0. The predicted molar refractivity (Wildman–Crippen MR) is 78.0 cm³/mol. The molecule has 112 valence electrons. The number of benzene rings is 1. The maximum atomic E-state index is 11.0. The number of tetrazole rings is 1. The number of aryl methyl sites for hydroxylation is 1. The average Bonchev–Trinajstić information content (AvgIpc) is 2.88. The van der Waals surface area contributed by atoms with Gasteiger partial charge >= 0.3 is 5.97 Å². The Balaban J connectivity index is 2.19. The molecule has 0 fully saturated rings. The Hall–Kier alpha value is -2.24. The fourth-order valence-electron chi connectivity index (χ4n) is 2.35. The van der Waals surface area contributed by atoms with Gasteiger partial charge in [0.15, 0.2) is 5.82 Å². The summed E-state index contributed by atoms with van der Waals surface area (Å²) in [6, 6.07) is 7.98. The molecule has 6 nitrogen and oxygen atoms in total. The van der Waals surface area contributed by atoms with Crippen LogP contribution in [0.1, 0.15) is 49.2 Å². The third-order valence-electron chi connectivity index (χ3n) is 3.42. The Labute approximate surface area is 123 Å². The number of carbonyl (C=O) groups is 1. The van der Waals surface area contributed by atoms with Crippen molar-refractivity contribution in [3.8, 4) is 0 Å². The molecule has 21 heavy (non-hydrogen) atoms. The maximum Gasteiger partial charge on any atom is 0.305 e. The van der Waals surface area contributed by atoms with Gasteiger partial charge in [-0.05, 0) is 29.3 Å². The van der Waals surface area contributed by atoms with Gasteiger partial charge in [0, 0.05) is 6.42 Å². The fourth-order valence-corrected chi connectivity index (χ4v) is 2.35. The maximum absolute atomic E-state index is 11.0. The monoisotopic (exact) mass is 288 g/mol. The van der Waals surface area contributed by atoms with Gasteiger partial charge in [-0.3, -0.25) is 4.79 Å². The Morgan fingerprint density at radius 3 is 2.67 bits per heavy atom. The van der Waals surface area contributed by atoms with Crippen LogP contribution in [0.2, 0.25) is 0 Å². The first-order chi connectivity index (χ1) is 10.1. The molecular formula is C15H20N4O2. The molecule has 2 aromatic rings. The first kappa shape index (κ1) is 15.2. The molecule has 0 aliphatic rings. The lowest BCUT2D eigenvalue weighted by Gasteiger charge is -2.15. The average molecular weight is 288 g/mol. The molecule has 6 heteroatoms. The van der Waals surface area contributed by atoms with E-state index >= 15 is 0 Å². The molecule has 1 heterocycles. The highest BCUT2D eigenvalue weighted by atomic mass is 16.4. The van der Waals surface area contributed by atoms with E-state index in [4.69, 9.17) is 5.11 Å². The molecular weight excluding hydrogens is 268 g/mol. The molecule has 0 aliphatic heterocycles. The lowest BCUT2D eigenvalue weighted by Crippen LogP contribution is -2.18. The summed E-state index contributed by atoms with van der Waals surface area (Å²) in [5.41, 5.74) is 2.32. The van der Waals surface area contributed by atoms with E-state index in [9.17, 15) is 4.79 Å². The van der Waals surface area contributed by atoms with Crippen molar-refractivity contribution < 1.29 is 9.90 Å². The Morgan fingerprint density at radius 2 is 2.05 bits per heavy atom. The Morgan fingerprint density at radius 1 is 1.33 bits per heavy atom. The van der Waals surface area contributed by atoms with E-state index in [1.807, 2.05) is 38.1 Å². The predicted octanol–water partition coefficient (Wildman–Crippen LogP) is 2.39. The summed E-state index contributed by atoms with van der Waals surface area (Å²) in [6.07, 6.45) is 2.28. The van der Waals surface area contributed by atoms with Gasteiger partial charge in [-0.2, -0.15) is 0 Å². The van der Waals surface area contributed by atoms with Crippen molar-refractivity contribution in [1.82, 2.24) is 20.2 Å². The fraction of sp³-hybridized carbons (Fsp3) is 0.467. The normalized spacial score (nSPS) is 12.3. The topological polar surface area (TPSA) is 80.9 Å². The van der Waals surface area contributed by atoms with Crippen LogP contribution in [0.4, 0.5) is 0 Å². The van der Waals surface area contributed by atoms with Crippen LogP contribution in [-0.4, -0.2) is 31.3 Å². The number of hydrogen-bond acceptors (Lipinski definition) is 4. The van der Waals surface area contributed by atoms with Crippen molar-refractivity contribution in [2.24, 2.45) is 0 Å². The number of aromatic nitrogens is 4. The van der Waals surface area contributed by atoms with E-state index < -0.39 is 5.97 Å². The number of nitrogens with zero attached hydrogens (tertiary/aromatic N) is 4. The number of rotatable bonds is 7. The molecule has 0 aliphatic carbocycles. The van der Waals surface area contributed by atoms with Gasteiger partial charge in [-0.25, -0.2) is 4.68 Å². The van der Waals surface area contributed by atoms with Crippen molar-refractivity contribution in [2.45, 2.75) is 45.6 Å². The van der Waals surface area contributed by atoms with Crippen molar-refractivity contribution >= 4 is 5.97 Å². The zero-order chi connectivity index (χ0) is 15.2. The van der Waals surface area contributed by atoms with Crippen LogP contribution in [-0.2, 0) is 11.2 Å². The zero-order valence-corrected chi connectivity index (χ0v) is 12.4. The second-order valence-corrected chi connectivity index (χ2v) is 5.24. The van der Waals surface area contributed by atoms with Gasteiger partial charge in [-0.15, -0.1) is 5.10 Å². The molecule has 0 saturated carbocycles. The standard InChI is InChI=1S/C15H20N4O2/c1-3-4-13(10-15(20)21)19-14(16-17-18-19)9-12-7-5-11(2)6-8-12/h5-8,13H,3-4,9-10H2,1-2H3,(H,20,21). The van der Waals surface area contributed by atoms with E-state index in [0.29, 0.717) is 12.2 Å². The van der Waals surface area contributed by atoms with Crippen molar-refractivity contribution in [1.29, 1.82) is 0 Å². The second-order valence-electron chi connectivity index (χ2n) is 5.24. The second kappa shape index (κ2) is 6.97. The highest BCUT2D eigenvalue weighted by Crippen LogP contribution is 2.19. The van der Waals surface area contributed by atoms with Gasteiger partial charge in [0.1, 0.15) is 0 Å². The van der Waals surface area contributed by atoms with E-state index in [0.717, 1.165) is 18.4 Å². The molecule has 2 rings (SSSR count). The summed E-state index contributed by atoms with van der Waals surface area (Å²) in [7, 11) is 0. The summed E-state index contributed by atoms with van der Waals surface area (Å²) < 4.78 is 1.66. The first-order valence-corrected chi connectivity index (χ1v) is 7.14. The molecule has 1 N–H and O–H groups in total. The lowest BCUT2D eigenvalue weighted by atomic mass is 10.1. The minimum absolute atomic E-state index is 0.0414. The van der Waals surface area contributed by atoms with Gasteiger partial charge < -0.3 is 5.11 Å². The minimum Gasteiger partial charge on any atom is -0.481 e. The molecule has 0 radical (unpaired) electrons. The van der Waals surface area contributed by atoms with Crippen molar-refractivity contribution in [2.75, 3.05) is 0 Å². The highest BCUT2D eigenvalue weighted by Gasteiger charge is 2.19. The van der Waals surface area contributed by atoms with Gasteiger partial charge in [-0.1, -0.05) is 43.2 Å². The van der Waals surface area contributed by atoms with Crippen LogP contribution in [0.5, 0.6) is 0 Å². The van der Waals surface area contributed by atoms with E-state index in [1.54, 1.807) is 4.68 Å². The summed E-state index contributed by atoms with van der Waals surface area (Å²) in [5, 5.41) is 20.8. The van der Waals surface area contributed by atoms with Gasteiger partial charge in [0.25, 0.3) is 0 Å². The molecule has 0 saturated heterocycles. The summed E-state index contributed by atoms with van der Waals surface area (Å²) in [6.45, 7) is 4.07. The number of carboxylic acid groups (broad SMARTS) is 1. The molecule has 1 aromatic heterocycles. The molecule has 1 atom stereocenters. The van der Waals surface area contributed by atoms with Crippen LogP contribution in [0, 0.1) is 6.92 Å². The zero-order valence-electron chi connectivity index (χ0n) is 12.4. The SMILES string of the molecule is CCCC(CC(=O)O)n1nnnc1Cc1ccc(C)cc1.